The molecule has 0 aromatic carbocycles. The molecule has 114 valence electrons. The third kappa shape index (κ3) is 5.32. The van der Waals surface area contributed by atoms with Crippen LogP contribution in [-0.4, -0.2) is 38.8 Å². The van der Waals surface area contributed by atoms with E-state index < -0.39 is 22.7 Å². The van der Waals surface area contributed by atoms with Gasteiger partial charge in [-0.25, -0.2) is 4.98 Å². The van der Waals surface area contributed by atoms with Crippen LogP contribution in [0.15, 0.2) is 6.07 Å². The number of nitrogens with zero attached hydrogens (tertiary/aromatic N) is 2. The van der Waals surface area contributed by atoms with Crippen LogP contribution < -0.4 is 10.6 Å². The van der Waals surface area contributed by atoms with E-state index in [0.29, 0.717) is 12.3 Å². The Bertz CT molecular complexity index is 481. The van der Waals surface area contributed by atoms with Crippen LogP contribution in [0.3, 0.4) is 0 Å². The zero-order chi connectivity index (χ0) is 15.3. The highest BCUT2D eigenvalue weighted by Crippen LogP contribution is 2.29. The highest BCUT2D eigenvalue weighted by molar-refractivity contribution is 7.84. The van der Waals surface area contributed by atoms with Crippen LogP contribution in [0.1, 0.15) is 19.5 Å². The van der Waals surface area contributed by atoms with Crippen molar-refractivity contribution < 1.29 is 17.4 Å². The van der Waals surface area contributed by atoms with Crippen LogP contribution >= 0.6 is 0 Å². The minimum absolute atomic E-state index is 0.0567. The maximum Gasteiger partial charge on any atom is 0.433 e. The van der Waals surface area contributed by atoms with Gasteiger partial charge in [-0.15, -0.1) is 0 Å². The van der Waals surface area contributed by atoms with Crippen molar-refractivity contribution in [3.63, 3.8) is 0 Å². The summed E-state index contributed by atoms with van der Waals surface area (Å²) in [4.78, 5) is 7.37. The lowest BCUT2D eigenvalue weighted by Gasteiger charge is -2.15. The summed E-state index contributed by atoms with van der Waals surface area (Å²) in [7, 11) is -1.04. The van der Waals surface area contributed by atoms with Gasteiger partial charge in [-0.05, 0) is 13.8 Å². The van der Waals surface area contributed by atoms with E-state index in [9.17, 15) is 17.4 Å². The molecule has 0 aliphatic carbocycles. The summed E-state index contributed by atoms with van der Waals surface area (Å²) >= 11 is 0. The SMILES string of the molecule is CCNc1nc(NC(C)CS(C)=O)cc(C(F)(F)F)n1. The quantitative estimate of drug-likeness (QED) is 0.842. The van der Waals surface area contributed by atoms with E-state index in [-0.39, 0.29) is 17.8 Å². The molecule has 0 bridgehead atoms. The first-order valence-electron chi connectivity index (χ1n) is 5.99. The normalized spacial score (nSPS) is 14.7. The lowest BCUT2D eigenvalue weighted by molar-refractivity contribution is -0.141. The summed E-state index contributed by atoms with van der Waals surface area (Å²) in [5.41, 5.74) is -1.02. The van der Waals surface area contributed by atoms with Crippen LogP contribution in [0.25, 0.3) is 0 Å². The number of aromatic nitrogens is 2. The fraction of sp³-hybridized carbons (Fsp3) is 0.636. The first-order valence-corrected chi connectivity index (χ1v) is 7.71. The molecule has 2 atom stereocenters. The van der Waals surface area contributed by atoms with Crippen molar-refractivity contribution in [1.82, 2.24) is 9.97 Å². The van der Waals surface area contributed by atoms with Crippen molar-refractivity contribution in [2.45, 2.75) is 26.1 Å². The smallest absolute Gasteiger partial charge is 0.367 e. The summed E-state index contributed by atoms with van der Waals surface area (Å²) in [6.45, 7) is 3.87. The Hall–Kier alpha value is -1.38. The zero-order valence-corrected chi connectivity index (χ0v) is 12.2. The second-order valence-electron chi connectivity index (χ2n) is 4.28. The number of hydrogen-bond acceptors (Lipinski definition) is 5. The number of nitrogens with one attached hydrogen (secondary N) is 2. The molecule has 1 aromatic rings. The standard InChI is InChI=1S/C11H17F3N4OS/c1-4-15-10-17-8(11(12,13)14)5-9(18-10)16-7(2)6-20(3)19/h5,7H,4,6H2,1-3H3,(H2,15,16,17,18). The fourth-order valence-corrected chi connectivity index (χ4v) is 2.34. The van der Waals surface area contributed by atoms with Gasteiger partial charge in [-0.1, -0.05) is 0 Å². The van der Waals surface area contributed by atoms with E-state index in [1.54, 1.807) is 13.8 Å². The summed E-state index contributed by atoms with van der Waals surface area (Å²) in [6.07, 6.45) is -3.01. The second-order valence-corrected chi connectivity index (χ2v) is 5.76. The predicted octanol–water partition coefficient (Wildman–Crippen LogP) is 2.11. The molecule has 0 fully saturated rings. The Morgan fingerprint density at radius 3 is 2.55 bits per heavy atom. The number of rotatable bonds is 6. The van der Waals surface area contributed by atoms with E-state index in [0.717, 1.165) is 6.07 Å². The molecule has 20 heavy (non-hydrogen) atoms. The monoisotopic (exact) mass is 310 g/mol. The van der Waals surface area contributed by atoms with Gasteiger partial charge in [0.2, 0.25) is 5.95 Å². The molecule has 9 heteroatoms. The first-order chi connectivity index (χ1) is 9.22. The molecule has 0 saturated heterocycles. The van der Waals surface area contributed by atoms with Gasteiger partial charge in [0.1, 0.15) is 5.82 Å². The van der Waals surface area contributed by atoms with E-state index in [4.69, 9.17) is 0 Å². The van der Waals surface area contributed by atoms with Crippen molar-refractivity contribution in [2.75, 3.05) is 29.2 Å². The predicted molar refractivity (Wildman–Crippen MR) is 73.2 cm³/mol. The van der Waals surface area contributed by atoms with Crippen LogP contribution in [0.5, 0.6) is 0 Å². The average Bonchev–Trinajstić information content (AvgIpc) is 2.26. The van der Waals surface area contributed by atoms with Gasteiger partial charge in [0, 0.05) is 41.5 Å². The molecule has 1 aromatic heterocycles. The van der Waals surface area contributed by atoms with Crippen molar-refractivity contribution >= 4 is 22.6 Å². The molecule has 2 unspecified atom stereocenters. The molecule has 0 amide bonds. The highest BCUT2D eigenvalue weighted by atomic mass is 32.2. The Morgan fingerprint density at radius 2 is 2.05 bits per heavy atom. The maximum atomic E-state index is 12.7. The Balaban J connectivity index is 2.99. The maximum absolute atomic E-state index is 12.7. The molecule has 0 aliphatic heterocycles. The number of halogens is 3. The Morgan fingerprint density at radius 1 is 1.40 bits per heavy atom. The van der Waals surface area contributed by atoms with Gasteiger partial charge in [0.05, 0.1) is 0 Å². The molecule has 0 radical (unpaired) electrons. The van der Waals surface area contributed by atoms with Gasteiger partial charge >= 0.3 is 6.18 Å². The zero-order valence-electron chi connectivity index (χ0n) is 11.4. The molecule has 0 spiro atoms. The van der Waals surface area contributed by atoms with Crippen LogP contribution in [0.2, 0.25) is 0 Å². The van der Waals surface area contributed by atoms with Gasteiger partial charge in [-0.2, -0.15) is 18.2 Å². The summed E-state index contributed by atoms with van der Waals surface area (Å²) in [6, 6.07) is 0.585. The number of hydrogen-bond donors (Lipinski definition) is 2. The molecule has 0 aliphatic rings. The summed E-state index contributed by atoms with van der Waals surface area (Å²) in [5, 5.41) is 5.45. The van der Waals surface area contributed by atoms with Gasteiger partial charge in [-0.3, -0.25) is 4.21 Å². The molecular formula is C11H17F3N4OS. The van der Waals surface area contributed by atoms with Crippen molar-refractivity contribution in [2.24, 2.45) is 0 Å². The molecule has 1 rings (SSSR count). The molecule has 2 N–H and O–H groups in total. The third-order valence-corrected chi connectivity index (χ3v) is 3.20. The lowest BCUT2D eigenvalue weighted by atomic mass is 10.3. The van der Waals surface area contributed by atoms with Crippen LogP contribution in [0.4, 0.5) is 24.9 Å². The molecule has 1 heterocycles. The summed E-state index contributed by atoms with van der Waals surface area (Å²) in [5.74, 6) is 0.290. The average molecular weight is 310 g/mol. The van der Waals surface area contributed by atoms with E-state index in [1.807, 2.05) is 0 Å². The molecule has 0 saturated carbocycles. The van der Waals surface area contributed by atoms with Gasteiger partial charge in [0.25, 0.3) is 0 Å². The van der Waals surface area contributed by atoms with Gasteiger partial charge < -0.3 is 10.6 Å². The minimum atomic E-state index is -4.54. The largest absolute Gasteiger partial charge is 0.433 e. The van der Waals surface area contributed by atoms with Crippen LogP contribution in [0, 0.1) is 0 Å². The Kier molecular flexibility index (Phi) is 5.73. The third-order valence-electron chi connectivity index (χ3n) is 2.23. The van der Waals surface area contributed by atoms with Crippen molar-refractivity contribution in [1.29, 1.82) is 0 Å². The van der Waals surface area contributed by atoms with E-state index in [1.165, 1.54) is 6.26 Å². The van der Waals surface area contributed by atoms with Gasteiger partial charge in [0.15, 0.2) is 5.69 Å². The molecule has 5 nitrogen and oxygen atoms in total. The topological polar surface area (TPSA) is 66.9 Å². The van der Waals surface area contributed by atoms with E-state index in [2.05, 4.69) is 20.6 Å². The second kappa shape index (κ2) is 6.87. The first kappa shape index (κ1) is 16.7. The lowest BCUT2D eigenvalue weighted by Crippen LogP contribution is -2.24. The summed E-state index contributed by atoms with van der Waals surface area (Å²) < 4.78 is 49.3. The molecular weight excluding hydrogens is 293 g/mol. The number of alkyl halides is 3. The van der Waals surface area contributed by atoms with E-state index >= 15 is 0 Å². The van der Waals surface area contributed by atoms with Crippen LogP contribution in [-0.2, 0) is 17.0 Å². The fourth-order valence-electron chi connectivity index (χ4n) is 1.55. The highest BCUT2D eigenvalue weighted by Gasteiger charge is 2.33. The Labute approximate surface area is 117 Å². The number of anilines is 2. The van der Waals surface area contributed by atoms with Crippen molar-refractivity contribution in [3.8, 4) is 0 Å². The minimum Gasteiger partial charge on any atom is -0.367 e. The van der Waals surface area contributed by atoms with Crippen molar-refractivity contribution in [3.05, 3.63) is 11.8 Å².